The minimum atomic E-state index is -1.19. The summed E-state index contributed by atoms with van der Waals surface area (Å²) < 4.78 is 0. The second-order valence-corrected chi connectivity index (χ2v) is 5.94. The molecule has 1 atom stereocenters. The zero-order valence-electron chi connectivity index (χ0n) is 13.6. The zero-order valence-corrected chi connectivity index (χ0v) is 13.6. The summed E-state index contributed by atoms with van der Waals surface area (Å²) in [5.41, 5.74) is 1.87. The third-order valence-electron chi connectivity index (χ3n) is 3.55. The van der Waals surface area contributed by atoms with E-state index in [1.54, 1.807) is 5.32 Å². The molecule has 0 aliphatic rings. The highest BCUT2D eigenvalue weighted by atomic mass is 16.4. The first-order valence-corrected chi connectivity index (χ1v) is 7.85. The van der Waals surface area contributed by atoms with Crippen molar-refractivity contribution in [3.63, 3.8) is 0 Å². The predicted octanol–water partition coefficient (Wildman–Crippen LogP) is 0.306. The van der Waals surface area contributed by atoms with Gasteiger partial charge >= 0.3 is 0 Å². The molecule has 1 rings (SSSR count). The van der Waals surface area contributed by atoms with Crippen molar-refractivity contribution in [3.05, 3.63) is 29.8 Å². The van der Waals surface area contributed by atoms with E-state index in [4.69, 9.17) is 0 Å². The number of anilines is 1. The third kappa shape index (κ3) is 6.72. The molecule has 1 amide bonds. The SMILES string of the molecule is CCc1ccc(NC(=O)C[C@@H]([NH2+]CCC(C)C)C(=O)[O-])cc1. The molecule has 0 bridgehead atoms. The zero-order chi connectivity index (χ0) is 16.5. The van der Waals surface area contributed by atoms with Crippen LogP contribution in [0, 0.1) is 5.92 Å². The first-order valence-electron chi connectivity index (χ1n) is 7.85. The molecule has 0 saturated heterocycles. The van der Waals surface area contributed by atoms with Crippen LogP contribution in [0.3, 0.4) is 0 Å². The number of hydrogen-bond donors (Lipinski definition) is 2. The van der Waals surface area contributed by atoms with E-state index in [0.29, 0.717) is 18.2 Å². The van der Waals surface area contributed by atoms with Crippen LogP contribution < -0.4 is 15.7 Å². The van der Waals surface area contributed by atoms with Crippen molar-refractivity contribution < 1.29 is 20.0 Å². The van der Waals surface area contributed by atoms with Gasteiger partial charge in [-0.05, 0) is 36.5 Å². The van der Waals surface area contributed by atoms with Crippen LogP contribution in [0.5, 0.6) is 0 Å². The summed E-state index contributed by atoms with van der Waals surface area (Å²) in [6, 6.07) is 6.70. The average Bonchev–Trinajstić information content (AvgIpc) is 2.46. The van der Waals surface area contributed by atoms with E-state index >= 15 is 0 Å². The highest BCUT2D eigenvalue weighted by Crippen LogP contribution is 2.10. The maximum atomic E-state index is 12.0. The maximum Gasteiger partial charge on any atom is 0.230 e. The van der Waals surface area contributed by atoms with Crippen LogP contribution >= 0.6 is 0 Å². The summed E-state index contributed by atoms with van der Waals surface area (Å²) in [6.45, 7) is 6.89. The molecule has 5 nitrogen and oxygen atoms in total. The van der Waals surface area contributed by atoms with E-state index in [0.717, 1.165) is 12.8 Å². The molecule has 1 aromatic rings. The molecule has 0 saturated carbocycles. The first-order chi connectivity index (χ1) is 10.4. The Hall–Kier alpha value is -1.88. The first kappa shape index (κ1) is 18.2. The Kier molecular flexibility index (Phi) is 7.60. The molecule has 0 aromatic heterocycles. The molecule has 122 valence electrons. The molecule has 0 aliphatic carbocycles. The van der Waals surface area contributed by atoms with Crippen LogP contribution in [0.15, 0.2) is 24.3 Å². The lowest BCUT2D eigenvalue weighted by Crippen LogP contribution is -2.93. The van der Waals surface area contributed by atoms with Gasteiger partial charge in [-0.1, -0.05) is 32.9 Å². The van der Waals surface area contributed by atoms with Gasteiger partial charge in [-0.15, -0.1) is 0 Å². The normalized spacial score (nSPS) is 12.2. The minimum absolute atomic E-state index is 0.0873. The van der Waals surface area contributed by atoms with Gasteiger partial charge in [-0.25, -0.2) is 0 Å². The monoisotopic (exact) mass is 306 g/mol. The van der Waals surface area contributed by atoms with Gasteiger partial charge in [-0.3, -0.25) is 4.79 Å². The van der Waals surface area contributed by atoms with Crippen molar-refractivity contribution in [2.24, 2.45) is 5.92 Å². The van der Waals surface area contributed by atoms with Crippen LogP contribution in [0.1, 0.15) is 39.2 Å². The lowest BCUT2D eigenvalue weighted by Gasteiger charge is -2.17. The van der Waals surface area contributed by atoms with Crippen molar-refractivity contribution in [2.75, 3.05) is 11.9 Å². The second kappa shape index (κ2) is 9.20. The fourth-order valence-corrected chi connectivity index (χ4v) is 2.13. The number of amides is 1. The summed E-state index contributed by atoms with van der Waals surface area (Å²) in [5, 5.41) is 15.5. The fraction of sp³-hybridized carbons (Fsp3) is 0.529. The smallest absolute Gasteiger partial charge is 0.230 e. The molecule has 0 radical (unpaired) electrons. The lowest BCUT2D eigenvalue weighted by atomic mass is 10.1. The fourth-order valence-electron chi connectivity index (χ4n) is 2.13. The van der Waals surface area contributed by atoms with Gasteiger partial charge in [0.1, 0.15) is 6.04 Å². The number of carboxylic acid groups (broad SMARTS) is 1. The Morgan fingerprint density at radius 2 is 1.86 bits per heavy atom. The summed E-state index contributed by atoms with van der Waals surface area (Å²) in [7, 11) is 0. The largest absolute Gasteiger partial charge is 0.544 e. The predicted molar refractivity (Wildman–Crippen MR) is 84.1 cm³/mol. The van der Waals surface area contributed by atoms with Crippen LogP contribution in [0.25, 0.3) is 0 Å². The summed E-state index contributed by atoms with van der Waals surface area (Å²) in [6.07, 6.45) is 1.76. The number of carbonyl (C=O) groups excluding carboxylic acids is 2. The second-order valence-electron chi connectivity index (χ2n) is 5.94. The van der Waals surface area contributed by atoms with E-state index in [-0.39, 0.29) is 12.3 Å². The molecular formula is C17H26N2O3. The standard InChI is InChI=1S/C17H26N2O3/c1-4-13-5-7-14(8-6-13)19-16(20)11-15(17(21)22)18-10-9-12(2)3/h5-8,12,15,18H,4,9-11H2,1-3H3,(H,19,20)(H,21,22)/t15-/m1/s1. The molecule has 0 unspecified atom stereocenters. The van der Waals surface area contributed by atoms with Gasteiger partial charge in [0, 0.05) is 5.69 Å². The Labute approximate surface area is 132 Å². The van der Waals surface area contributed by atoms with Gasteiger partial charge in [0.25, 0.3) is 0 Å². The van der Waals surface area contributed by atoms with Crippen molar-refractivity contribution >= 4 is 17.6 Å². The number of benzene rings is 1. The van der Waals surface area contributed by atoms with Crippen LogP contribution in [0.2, 0.25) is 0 Å². The quantitative estimate of drug-likeness (QED) is 0.688. The number of carbonyl (C=O) groups is 2. The Balaban J connectivity index is 2.49. The van der Waals surface area contributed by atoms with Crippen molar-refractivity contribution in [3.8, 4) is 0 Å². The van der Waals surface area contributed by atoms with Gasteiger partial charge in [-0.2, -0.15) is 0 Å². The highest BCUT2D eigenvalue weighted by Gasteiger charge is 2.18. The summed E-state index contributed by atoms with van der Waals surface area (Å²) >= 11 is 0. The molecule has 22 heavy (non-hydrogen) atoms. The Bertz CT molecular complexity index is 483. The van der Waals surface area contributed by atoms with Gasteiger partial charge < -0.3 is 20.5 Å². The van der Waals surface area contributed by atoms with Gasteiger partial charge in [0.15, 0.2) is 0 Å². The molecule has 0 aliphatic heterocycles. The van der Waals surface area contributed by atoms with E-state index in [9.17, 15) is 14.7 Å². The number of carboxylic acids is 1. The van der Waals surface area contributed by atoms with Crippen molar-refractivity contribution in [1.82, 2.24) is 0 Å². The highest BCUT2D eigenvalue weighted by molar-refractivity contribution is 5.93. The Morgan fingerprint density at radius 1 is 1.23 bits per heavy atom. The number of nitrogens with one attached hydrogen (secondary N) is 1. The number of nitrogens with two attached hydrogens (primary N) is 1. The van der Waals surface area contributed by atoms with E-state index in [1.807, 2.05) is 24.3 Å². The lowest BCUT2D eigenvalue weighted by molar-refractivity contribution is -0.683. The van der Waals surface area contributed by atoms with Crippen molar-refractivity contribution in [2.45, 2.75) is 46.1 Å². The van der Waals surface area contributed by atoms with Crippen molar-refractivity contribution in [1.29, 1.82) is 0 Å². The number of aliphatic carboxylic acids is 1. The topological polar surface area (TPSA) is 85.8 Å². The number of rotatable bonds is 9. The molecule has 0 spiro atoms. The van der Waals surface area contributed by atoms with E-state index in [2.05, 4.69) is 26.1 Å². The van der Waals surface area contributed by atoms with E-state index in [1.165, 1.54) is 5.56 Å². The summed E-state index contributed by atoms with van der Waals surface area (Å²) in [4.78, 5) is 23.1. The van der Waals surface area contributed by atoms with Crippen LogP contribution in [-0.2, 0) is 16.0 Å². The maximum absolute atomic E-state index is 12.0. The van der Waals surface area contributed by atoms with E-state index < -0.39 is 12.0 Å². The molecule has 1 aromatic carbocycles. The minimum Gasteiger partial charge on any atom is -0.544 e. The van der Waals surface area contributed by atoms with Crippen LogP contribution in [0.4, 0.5) is 5.69 Å². The molecule has 5 heteroatoms. The molecule has 0 fully saturated rings. The Morgan fingerprint density at radius 3 is 2.36 bits per heavy atom. The summed E-state index contributed by atoms with van der Waals surface area (Å²) in [5.74, 6) is -0.996. The van der Waals surface area contributed by atoms with Gasteiger partial charge in [0.05, 0.1) is 18.9 Å². The molecular weight excluding hydrogens is 280 g/mol. The average molecular weight is 306 g/mol. The molecule has 0 heterocycles. The molecule has 3 N–H and O–H groups in total. The number of quaternary nitrogens is 1. The third-order valence-corrected chi connectivity index (χ3v) is 3.55. The number of hydrogen-bond acceptors (Lipinski definition) is 3. The van der Waals surface area contributed by atoms with Gasteiger partial charge in [0.2, 0.25) is 5.91 Å². The van der Waals surface area contributed by atoms with Crippen LogP contribution in [-0.4, -0.2) is 24.5 Å². The number of aryl methyl sites for hydroxylation is 1.